The number of hydrogen-bond acceptors (Lipinski definition) is 2. The summed E-state index contributed by atoms with van der Waals surface area (Å²) in [5.41, 5.74) is 0.414. The second-order valence-corrected chi connectivity index (χ2v) is 5.15. The van der Waals surface area contributed by atoms with E-state index in [0.29, 0.717) is 5.54 Å². The number of rotatable bonds is 4. The topological polar surface area (TPSA) is 15.3 Å². The first kappa shape index (κ1) is 11.0. The van der Waals surface area contributed by atoms with Crippen LogP contribution in [-0.2, 0) is 0 Å². The summed E-state index contributed by atoms with van der Waals surface area (Å²) in [5.74, 6) is 0.797. The molecule has 0 aromatic rings. The first-order chi connectivity index (χ1) is 6.04. The van der Waals surface area contributed by atoms with Crippen LogP contribution in [0.5, 0.6) is 0 Å². The van der Waals surface area contributed by atoms with Crippen molar-refractivity contribution in [1.29, 1.82) is 0 Å². The van der Waals surface area contributed by atoms with Gasteiger partial charge in [0.25, 0.3) is 0 Å². The lowest BCUT2D eigenvalue weighted by atomic mass is 9.87. The van der Waals surface area contributed by atoms with E-state index in [-0.39, 0.29) is 0 Å². The molecular weight excluding hydrogens is 160 g/mol. The van der Waals surface area contributed by atoms with Crippen LogP contribution in [0.15, 0.2) is 0 Å². The van der Waals surface area contributed by atoms with E-state index in [4.69, 9.17) is 0 Å². The van der Waals surface area contributed by atoms with Crippen molar-refractivity contribution >= 4 is 0 Å². The maximum absolute atomic E-state index is 3.69. The zero-order valence-corrected chi connectivity index (χ0v) is 9.56. The van der Waals surface area contributed by atoms with Crippen LogP contribution in [0.3, 0.4) is 0 Å². The Morgan fingerprint density at radius 1 is 1.38 bits per heavy atom. The van der Waals surface area contributed by atoms with Crippen LogP contribution >= 0.6 is 0 Å². The lowest BCUT2D eigenvalue weighted by Crippen LogP contribution is -2.48. The summed E-state index contributed by atoms with van der Waals surface area (Å²) >= 11 is 0. The van der Waals surface area contributed by atoms with Crippen molar-refractivity contribution in [2.45, 2.75) is 38.6 Å². The third kappa shape index (κ3) is 3.28. The van der Waals surface area contributed by atoms with Gasteiger partial charge in [0.15, 0.2) is 0 Å². The van der Waals surface area contributed by atoms with Gasteiger partial charge in [-0.2, -0.15) is 0 Å². The zero-order valence-electron chi connectivity index (χ0n) is 9.56. The molecule has 1 rings (SSSR count). The van der Waals surface area contributed by atoms with Gasteiger partial charge in [-0.15, -0.1) is 0 Å². The highest BCUT2D eigenvalue weighted by Gasteiger charge is 2.34. The van der Waals surface area contributed by atoms with Crippen LogP contribution in [0.2, 0.25) is 0 Å². The van der Waals surface area contributed by atoms with E-state index in [1.807, 2.05) is 0 Å². The third-order valence-corrected chi connectivity index (χ3v) is 2.75. The normalized spacial score (nSPS) is 29.1. The largest absolute Gasteiger partial charge is 0.310 e. The Hall–Kier alpha value is -0.0800. The Labute approximate surface area is 82.7 Å². The van der Waals surface area contributed by atoms with Crippen LogP contribution in [0.25, 0.3) is 0 Å². The van der Waals surface area contributed by atoms with Crippen LogP contribution in [-0.4, -0.2) is 37.6 Å². The fraction of sp³-hybridized carbons (Fsp3) is 1.00. The van der Waals surface area contributed by atoms with Crippen molar-refractivity contribution in [2.75, 3.05) is 27.2 Å². The van der Waals surface area contributed by atoms with Crippen molar-refractivity contribution in [2.24, 2.45) is 5.92 Å². The number of hydrogen-bond donors (Lipinski definition) is 1. The average molecular weight is 184 g/mol. The van der Waals surface area contributed by atoms with Crippen molar-refractivity contribution < 1.29 is 0 Å². The molecule has 1 aliphatic heterocycles. The summed E-state index contributed by atoms with van der Waals surface area (Å²) in [4.78, 5) is 2.31. The molecule has 0 aromatic heterocycles. The zero-order chi connectivity index (χ0) is 9.90. The van der Waals surface area contributed by atoms with Crippen molar-refractivity contribution in [3.05, 3.63) is 0 Å². The van der Waals surface area contributed by atoms with E-state index in [2.05, 4.69) is 38.2 Å². The maximum Gasteiger partial charge on any atom is 0.0311 e. The Morgan fingerprint density at radius 3 is 2.46 bits per heavy atom. The fourth-order valence-electron chi connectivity index (χ4n) is 2.63. The van der Waals surface area contributed by atoms with Gasteiger partial charge in [-0.3, -0.25) is 0 Å². The van der Waals surface area contributed by atoms with Crippen molar-refractivity contribution in [3.63, 3.8) is 0 Å². The molecular formula is C11H24N2. The minimum atomic E-state index is 0.414. The standard InChI is InChI=1S/C11H24N2/c1-10(2)8-11(9-13(3)4)6-5-7-12-11/h10,12H,5-9H2,1-4H3. The molecule has 0 spiro atoms. The van der Waals surface area contributed by atoms with Crippen LogP contribution in [0.1, 0.15) is 33.1 Å². The molecule has 2 nitrogen and oxygen atoms in total. The van der Waals surface area contributed by atoms with Gasteiger partial charge >= 0.3 is 0 Å². The van der Waals surface area contributed by atoms with Gasteiger partial charge < -0.3 is 10.2 Å². The minimum Gasteiger partial charge on any atom is -0.310 e. The maximum atomic E-state index is 3.69. The first-order valence-corrected chi connectivity index (χ1v) is 5.44. The second kappa shape index (κ2) is 4.43. The minimum absolute atomic E-state index is 0.414. The highest BCUT2D eigenvalue weighted by molar-refractivity contribution is 4.95. The molecule has 1 saturated heterocycles. The van der Waals surface area contributed by atoms with E-state index < -0.39 is 0 Å². The van der Waals surface area contributed by atoms with Gasteiger partial charge in [0, 0.05) is 12.1 Å². The SMILES string of the molecule is CC(C)CC1(CN(C)C)CCCN1. The summed E-state index contributed by atoms with van der Waals surface area (Å²) in [6, 6.07) is 0. The molecule has 1 N–H and O–H groups in total. The number of nitrogens with zero attached hydrogens (tertiary/aromatic N) is 1. The van der Waals surface area contributed by atoms with E-state index in [9.17, 15) is 0 Å². The Balaban J connectivity index is 2.52. The molecule has 0 saturated carbocycles. The first-order valence-electron chi connectivity index (χ1n) is 5.44. The van der Waals surface area contributed by atoms with Gasteiger partial charge in [0.05, 0.1) is 0 Å². The van der Waals surface area contributed by atoms with Crippen LogP contribution < -0.4 is 5.32 Å². The van der Waals surface area contributed by atoms with Gasteiger partial charge in [0.1, 0.15) is 0 Å². The van der Waals surface area contributed by atoms with E-state index in [0.717, 1.165) is 5.92 Å². The van der Waals surface area contributed by atoms with Crippen molar-refractivity contribution in [3.8, 4) is 0 Å². The lowest BCUT2D eigenvalue weighted by Gasteiger charge is -2.34. The Morgan fingerprint density at radius 2 is 2.08 bits per heavy atom. The molecule has 0 radical (unpaired) electrons. The second-order valence-electron chi connectivity index (χ2n) is 5.15. The Bertz CT molecular complexity index is 134. The van der Waals surface area contributed by atoms with E-state index in [1.165, 1.54) is 32.4 Å². The number of likely N-dealkylation sites (N-methyl/N-ethyl adjacent to an activating group) is 1. The van der Waals surface area contributed by atoms with E-state index >= 15 is 0 Å². The summed E-state index contributed by atoms with van der Waals surface area (Å²) in [6.07, 6.45) is 4.01. The molecule has 2 heteroatoms. The smallest absolute Gasteiger partial charge is 0.0311 e. The van der Waals surface area contributed by atoms with Gasteiger partial charge in [0.2, 0.25) is 0 Å². The predicted octanol–water partition coefficient (Wildman–Crippen LogP) is 1.72. The van der Waals surface area contributed by atoms with Gasteiger partial charge in [-0.05, 0) is 45.8 Å². The van der Waals surface area contributed by atoms with Crippen LogP contribution in [0, 0.1) is 5.92 Å². The molecule has 1 unspecified atom stereocenters. The lowest BCUT2D eigenvalue weighted by molar-refractivity contribution is 0.222. The average Bonchev–Trinajstić information content (AvgIpc) is 2.33. The van der Waals surface area contributed by atoms with Crippen LogP contribution in [0.4, 0.5) is 0 Å². The summed E-state index contributed by atoms with van der Waals surface area (Å²) in [7, 11) is 4.34. The fourth-order valence-corrected chi connectivity index (χ4v) is 2.63. The predicted molar refractivity (Wildman–Crippen MR) is 58.0 cm³/mol. The summed E-state index contributed by atoms with van der Waals surface area (Å²) < 4.78 is 0. The molecule has 13 heavy (non-hydrogen) atoms. The molecule has 0 aromatic carbocycles. The third-order valence-electron chi connectivity index (χ3n) is 2.75. The molecule has 1 heterocycles. The number of nitrogens with one attached hydrogen (secondary N) is 1. The highest BCUT2D eigenvalue weighted by atomic mass is 15.1. The molecule has 0 amide bonds. The molecule has 0 aliphatic carbocycles. The molecule has 78 valence electrons. The highest BCUT2D eigenvalue weighted by Crippen LogP contribution is 2.27. The summed E-state index contributed by atoms with van der Waals surface area (Å²) in [6.45, 7) is 7.03. The monoisotopic (exact) mass is 184 g/mol. The van der Waals surface area contributed by atoms with Gasteiger partial charge in [-0.1, -0.05) is 13.8 Å². The molecule has 1 atom stereocenters. The molecule has 1 aliphatic rings. The molecule has 1 fully saturated rings. The quantitative estimate of drug-likeness (QED) is 0.715. The molecule has 0 bridgehead atoms. The van der Waals surface area contributed by atoms with Crippen molar-refractivity contribution in [1.82, 2.24) is 10.2 Å². The summed E-state index contributed by atoms with van der Waals surface area (Å²) in [5, 5.41) is 3.69. The van der Waals surface area contributed by atoms with E-state index in [1.54, 1.807) is 0 Å². The van der Waals surface area contributed by atoms with Gasteiger partial charge in [-0.25, -0.2) is 0 Å². The Kier molecular flexibility index (Phi) is 3.74.